The topological polar surface area (TPSA) is 67.9 Å². The van der Waals surface area contributed by atoms with Gasteiger partial charge in [0.05, 0.1) is 20.6 Å². The highest BCUT2D eigenvalue weighted by atomic mass is 16.5. The summed E-state index contributed by atoms with van der Waals surface area (Å²) in [5, 5.41) is 2.97. The zero-order valence-electron chi connectivity index (χ0n) is 18.7. The number of rotatable bonds is 8. The normalized spacial score (nSPS) is 12.1. The Bertz CT molecular complexity index is 839. The fourth-order valence-electron chi connectivity index (χ4n) is 3.00. The van der Waals surface area contributed by atoms with Crippen LogP contribution in [0.15, 0.2) is 48.5 Å². The Morgan fingerprint density at radius 2 is 1.37 bits per heavy atom. The van der Waals surface area contributed by atoms with Crippen molar-refractivity contribution in [2.75, 3.05) is 14.2 Å². The Morgan fingerprint density at radius 3 is 1.80 bits per heavy atom. The van der Waals surface area contributed by atoms with Gasteiger partial charge >= 0.3 is 0 Å². The summed E-state index contributed by atoms with van der Waals surface area (Å²) < 4.78 is 10.4. The number of carbonyl (C=O) groups excluding carboxylic acids is 2. The summed E-state index contributed by atoms with van der Waals surface area (Å²) in [4.78, 5) is 27.6. The van der Waals surface area contributed by atoms with E-state index in [-0.39, 0.29) is 23.8 Å². The van der Waals surface area contributed by atoms with Gasteiger partial charge in [-0.05, 0) is 63.1 Å². The molecule has 0 bridgehead atoms. The SMILES string of the molecule is COc1ccc(CC(=O)N(Cc2ccc(OC)cc2)[C@@H](C)C(=O)NC(C)(C)C)cc1. The second-order valence-corrected chi connectivity index (χ2v) is 8.31. The Morgan fingerprint density at radius 1 is 0.900 bits per heavy atom. The molecular formula is C24H32N2O4. The van der Waals surface area contributed by atoms with Crippen molar-refractivity contribution in [1.82, 2.24) is 10.2 Å². The fraction of sp³-hybridized carbons (Fsp3) is 0.417. The minimum Gasteiger partial charge on any atom is -0.497 e. The van der Waals surface area contributed by atoms with Crippen LogP contribution in [0.5, 0.6) is 11.5 Å². The summed E-state index contributed by atoms with van der Waals surface area (Å²) in [5.74, 6) is 1.18. The van der Waals surface area contributed by atoms with Crippen molar-refractivity contribution in [1.29, 1.82) is 0 Å². The Labute approximate surface area is 179 Å². The average molecular weight is 413 g/mol. The van der Waals surface area contributed by atoms with Crippen LogP contribution in [0.1, 0.15) is 38.8 Å². The fourth-order valence-corrected chi connectivity index (χ4v) is 3.00. The van der Waals surface area contributed by atoms with Crippen molar-refractivity contribution in [3.05, 3.63) is 59.7 Å². The van der Waals surface area contributed by atoms with Crippen LogP contribution < -0.4 is 14.8 Å². The second kappa shape index (κ2) is 10.1. The molecule has 0 radical (unpaired) electrons. The summed E-state index contributed by atoms with van der Waals surface area (Å²) in [6.45, 7) is 7.86. The number of hydrogen-bond acceptors (Lipinski definition) is 4. The van der Waals surface area contributed by atoms with Crippen LogP contribution in [0.2, 0.25) is 0 Å². The smallest absolute Gasteiger partial charge is 0.242 e. The third-order valence-electron chi connectivity index (χ3n) is 4.69. The molecule has 0 saturated carbocycles. The molecule has 0 saturated heterocycles. The first-order chi connectivity index (χ1) is 14.1. The monoisotopic (exact) mass is 412 g/mol. The number of methoxy groups -OCH3 is 2. The van der Waals surface area contributed by atoms with Crippen molar-refractivity contribution >= 4 is 11.8 Å². The molecule has 0 aliphatic carbocycles. The molecule has 162 valence electrons. The van der Waals surface area contributed by atoms with Gasteiger partial charge in [0.15, 0.2) is 0 Å². The zero-order chi connectivity index (χ0) is 22.3. The van der Waals surface area contributed by atoms with Crippen LogP contribution in [0.25, 0.3) is 0 Å². The molecule has 1 N–H and O–H groups in total. The molecule has 2 rings (SSSR count). The molecule has 0 unspecified atom stereocenters. The minimum absolute atomic E-state index is 0.118. The van der Waals surface area contributed by atoms with Crippen LogP contribution >= 0.6 is 0 Å². The van der Waals surface area contributed by atoms with Gasteiger partial charge in [-0.15, -0.1) is 0 Å². The maximum Gasteiger partial charge on any atom is 0.242 e. The lowest BCUT2D eigenvalue weighted by Crippen LogP contribution is -2.52. The molecule has 0 aliphatic heterocycles. The first kappa shape index (κ1) is 23.3. The summed E-state index contributed by atoms with van der Waals surface area (Å²) in [5.41, 5.74) is 1.41. The molecule has 1 atom stereocenters. The Balaban J connectivity index is 2.23. The summed E-state index contributed by atoms with van der Waals surface area (Å²) in [6.07, 6.45) is 0.202. The van der Waals surface area contributed by atoms with Crippen LogP contribution in [0, 0.1) is 0 Å². The van der Waals surface area contributed by atoms with E-state index in [1.165, 1.54) is 0 Å². The number of amides is 2. The van der Waals surface area contributed by atoms with Crippen molar-refractivity contribution in [2.45, 2.75) is 52.2 Å². The van der Waals surface area contributed by atoms with E-state index in [0.717, 1.165) is 22.6 Å². The van der Waals surface area contributed by atoms with Crippen molar-refractivity contribution in [2.24, 2.45) is 0 Å². The van der Waals surface area contributed by atoms with Gasteiger partial charge in [-0.1, -0.05) is 24.3 Å². The molecule has 0 aliphatic rings. The maximum atomic E-state index is 13.2. The predicted molar refractivity (Wildman–Crippen MR) is 118 cm³/mol. The highest BCUT2D eigenvalue weighted by molar-refractivity contribution is 5.88. The van der Waals surface area contributed by atoms with Crippen LogP contribution in [-0.4, -0.2) is 42.5 Å². The standard InChI is InChI=1S/C24H32N2O4/c1-17(23(28)25-24(2,3)4)26(16-19-9-13-21(30-6)14-10-19)22(27)15-18-7-11-20(29-5)12-8-18/h7-14,17H,15-16H2,1-6H3,(H,25,28)/t17-/m0/s1. The summed E-state index contributed by atoms with van der Waals surface area (Å²) in [6, 6.07) is 14.3. The van der Waals surface area contributed by atoms with Gasteiger partial charge in [-0.3, -0.25) is 9.59 Å². The van der Waals surface area contributed by atoms with Gasteiger partial charge in [0.25, 0.3) is 0 Å². The Kier molecular flexibility index (Phi) is 7.86. The molecule has 0 spiro atoms. The Hall–Kier alpha value is -3.02. The number of ether oxygens (including phenoxy) is 2. The summed E-state index contributed by atoms with van der Waals surface area (Å²) in [7, 11) is 3.21. The molecule has 0 heterocycles. The first-order valence-corrected chi connectivity index (χ1v) is 10.0. The molecule has 0 aromatic heterocycles. The highest BCUT2D eigenvalue weighted by Gasteiger charge is 2.28. The molecular weight excluding hydrogens is 380 g/mol. The summed E-state index contributed by atoms with van der Waals surface area (Å²) >= 11 is 0. The molecule has 2 amide bonds. The largest absolute Gasteiger partial charge is 0.497 e. The van der Waals surface area contributed by atoms with E-state index >= 15 is 0 Å². The van der Waals surface area contributed by atoms with E-state index in [9.17, 15) is 9.59 Å². The van der Waals surface area contributed by atoms with Crippen molar-refractivity contribution in [3.63, 3.8) is 0 Å². The van der Waals surface area contributed by atoms with Gasteiger partial charge in [-0.2, -0.15) is 0 Å². The van der Waals surface area contributed by atoms with Gasteiger partial charge in [0, 0.05) is 12.1 Å². The highest BCUT2D eigenvalue weighted by Crippen LogP contribution is 2.18. The average Bonchev–Trinajstić information content (AvgIpc) is 2.71. The quantitative estimate of drug-likeness (QED) is 0.720. The van der Waals surface area contributed by atoms with Crippen LogP contribution in [0.4, 0.5) is 0 Å². The van der Waals surface area contributed by atoms with Crippen molar-refractivity contribution in [3.8, 4) is 11.5 Å². The van der Waals surface area contributed by atoms with Gasteiger partial charge in [0.2, 0.25) is 11.8 Å². The third kappa shape index (κ3) is 6.79. The number of carbonyl (C=O) groups is 2. The number of nitrogens with one attached hydrogen (secondary N) is 1. The minimum atomic E-state index is -0.614. The predicted octanol–water partition coefficient (Wildman–Crippen LogP) is 3.58. The molecule has 2 aromatic rings. The van der Waals surface area contributed by atoms with Crippen LogP contribution in [0.3, 0.4) is 0 Å². The van der Waals surface area contributed by atoms with Crippen molar-refractivity contribution < 1.29 is 19.1 Å². The maximum absolute atomic E-state index is 13.2. The third-order valence-corrected chi connectivity index (χ3v) is 4.69. The van der Waals surface area contributed by atoms with E-state index in [1.54, 1.807) is 26.0 Å². The molecule has 6 heteroatoms. The molecule has 2 aromatic carbocycles. The van der Waals surface area contributed by atoms with Gasteiger partial charge in [0.1, 0.15) is 17.5 Å². The number of benzene rings is 2. The van der Waals surface area contributed by atoms with Gasteiger partial charge < -0.3 is 19.7 Å². The van der Waals surface area contributed by atoms with E-state index in [2.05, 4.69) is 5.32 Å². The first-order valence-electron chi connectivity index (χ1n) is 10.0. The lowest BCUT2D eigenvalue weighted by Gasteiger charge is -2.31. The van der Waals surface area contributed by atoms with Crippen LogP contribution in [-0.2, 0) is 22.6 Å². The van der Waals surface area contributed by atoms with E-state index in [4.69, 9.17) is 9.47 Å². The van der Waals surface area contributed by atoms with Gasteiger partial charge in [-0.25, -0.2) is 0 Å². The lowest BCUT2D eigenvalue weighted by atomic mass is 10.1. The second-order valence-electron chi connectivity index (χ2n) is 8.31. The molecule has 0 fully saturated rings. The lowest BCUT2D eigenvalue weighted by molar-refractivity contribution is -0.140. The van der Waals surface area contributed by atoms with E-state index < -0.39 is 6.04 Å². The molecule has 30 heavy (non-hydrogen) atoms. The zero-order valence-corrected chi connectivity index (χ0v) is 18.7. The molecule has 6 nitrogen and oxygen atoms in total. The van der Waals surface area contributed by atoms with E-state index in [1.807, 2.05) is 69.3 Å². The number of nitrogens with zero attached hydrogens (tertiary/aromatic N) is 1. The number of hydrogen-bond donors (Lipinski definition) is 1. The van der Waals surface area contributed by atoms with E-state index in [0.29, 0.717) is 6.54 Å².